The van der Waals surface area contributed by atoms with Gasteiger partial charge in [0, 0.05) is 46.8 Å². The summed E-state index contributed by atoms with van der Waals surface area (Å²) in [5, 5.41) is 0.933. The summed E-state index contributed by atoms with van der Waals surface area (Å²) in [7, 11) is 1.62. The van der Waals surface area contributed by atoms with Crippen LogP contribution in [0, 0.1) is 5.82 Å². The number of methoxy groups -OCH3 is 1. The molecular weight excluding hydrogens is 499 g/mol. The SMILES string of the molecule is CCN(CC)C(=O)Oc1ccc2c(ccn2Cc2cc(F)ccc2Br)c1-c1ccc(OC)cc1. The first-order chi connectivity index (χ1) is 16.4. The van der Waals surface area contributed by atoms with E-state index in [0.717, 1.165) is 37.8 Å². The number of hydrogen-bond donors (Lipinski definition) is 0. The second-order valence-electron chi connectivity index (χ2n) is 7.82. The lowest BCUT2D eigenvalue weighted by Gasteiger charge is -2.20. The maximum absolute atomic E-state index is 13.8. The van der Waals surface area contributed by atoms with Crippen LogP contribution < -0.4 is 9.47 Å². The number of hydrogen-bond acceptors (Lipinski definition) is 3. The van der Waals surface area contributed by atoms with Crippen molar-refractivity contribution in [3.8, 4) is 22.6 Å². The molecule has 34 heavy (non-hydrogen) atoms. The molecule has 4 rings (SSSR count). The number of ether oxygens (including phenoxy) is 2. The molecule has 0 bridgehead atoms. The fraction of sp³-hybridized carbons (Fsp3) is 0.222. The summed E-state index contributed by atoms with van der Waals surface area (Å²) >= 11 is 3.52. The fourth-order valence-corrected chi connectivity index (χ4v) is 4.39. The van der Waals surface area contributed by atoms with E-state index in [1.165, 1.54) is 12.1 Å². The van der Waals surface area contributed by atoms with Gasteiger partial charge in [0.1, 0.15) is 17.3 Å². The van der Waals surface area contributed by atoms with E-state index in [1.54, 1.807) is 18.1 Å². The Kier molecular flexibility index (Phi) is 7.22. The van der Waals surface area contributed by atoms with Crippen molar-refractivity contribution in [3.05, 3.63) is 82.7 Å². The average Bonchev–Trinajstić information content (AvgIpc) is 3.25. The quantitative estimate of drug-likeness (QED) is 0.258. The van der Waals surface area contributed by atoms with E-state index >= 15 is 0 Å². The molecule has 0 unspecified atom stereocenters. The van der Waals surface area contributed by atoms with Crippen molar-refractivity contribution < 1.29 is 18.7 Å². The highest BCUT2D eigenvalue weighted by molar-refractivity contribution is 9.10. The van der Waals surface area contributed by atoms with Crippen LogP contribution in [0.15, 0.2) is 71.3 Å². The van der Waals surface area contributed by atoms with Gasteiger partial charge >= 0.3 is 6.09 Å². The van der Waals surface area contributed by atoms with Gasteiger partial charge in [0.05, 0.1) is 7.11 Å². The van der Waals surface area contributed by atoms with E-state index in [-0.39, 0.29) is 11.9 Å². The molecule has 4 aromatic rings. The zero-order chi connectivity index (χ0) is 24.2. The van der Waals surface area contributed by atoms with Crippen LogP contribution in [0.4, 0.5) is 9.18 Å². The topological polar surface area (TPSA) is 43.7 Å². The molecule has 1 amide bonds. The molecule has 7 heteroatoms. The molecule has 1 heterocycles. The van der Waals surface area contributed by atoms with Crippen molar-refractivity contribution in [2.45, 2.75) is 20.4 Å². The van der Waals surface area contributed by atoms with Crippen molar-refractivity contribution in [3.63, 3.8) is 0 Å². The highest BCUT2D eigenvalue weighted by atomic mass is 79.9. The highest BCUT2D eigenvalue weighted by Crippen LogP contribution is 2.39. The van der Waals surface area contributed by atoms with Gasteiger partial charge in [0.2, 0.25) is 0 Å². The predicted octanol–water partition coefficient (Wildman–Crippen LogP) is 7.11. The van der Waals surface area contributed by atoms with Gasteiger partial charge < -0.3 is 18.9 Å². The summed E-state index contributed by atoms with van der Waals surface area (Å²) in [4.78, 5) is 14.4. The fourth-order valence-electron chi connectivity index (χ4n) is 4.02. The molecule has 0 fully saturated rings. The Morgan fingerprint density at radius 3 is 2.44 bits per heavy atom. The smallest absolute Gasteiger partial charge is 0.415 e. The van der Waals surface area contributed by atoms with Crippen molar-refractivity contribution in [1.82, 2.24) is 9.47 Å². The van der Waals surface area contributed by atoms with Crippen molar-refractivity contribution >= 4 is 32.9 Å². The Balaban J connectivity index is 1.82. The van der Waals surface area contributed by atoms with Gasteiger partial charge in [-0.25, -0.2) is 9.18 Å². The van der Waals surface area contributed by atoms with Gasteiger partial charge in [-0.2, -0.15) is 0 Å². The van der Waals surface area contributed by atoms with Crippen molar-refractivity contribution in [1.29, 1.82) is 0 Å². The van der Waals surface area contributed by atoms with Crippen molar-refractivity contribution in [2.24, 2.45) is 0 Å². The molecule has 0 aliphatic heterocycles. The summed E-state index contributed by atoms with van der Waals surface area (Å²) in [5.41, 5.74) is 3.50. The van der Waals surface area contributed by atoms with Crippen LogP contribution in [0.5, 0.6) is 11.5 Å². The molecule has 5 nitrogen and oxygen atoms in total. The van der Waals surface area contributed by atoms with Crippen LogP contribution in [-0.4, -0.2) is 35.8 Å². The minimum Gasteiger partial charge on any atom is -0.497 e. The predicted molar refractivity (Wildman–Crippen MR) is 136 cm³/mol. The molecule has 0 saturated carbocycles. The van der Waals surface area contributed by atoms with Crippen LogP contribution in [-0.2, 0) is 6.54 Å². The van der Waals surface area contributed by atoms with E-state index in [0.29, 0.717) is 25.4 Å². The van der Waals surface area contributed by atoms with Gasteiger partial charge in [-0.3, -0.25) is 0 Å². The molecule has 0 atom stereocenters. The maximum atomic E-state index is 13.8. The van der Waals surface area contributed by atoms with Gasteiger partial charge in [0.15, 0.2) is 0 Å². The average molecular weight is 525 g/mol. The lowest BCUT2D eigenvalue weighted by atomic mass is 10.0. The first-order valence-electron chi connectivity index (χ1n) is 11.1. The van der Waals surface area contributed by atoms with Crippen LogP contribution >= 0.6 is 15.9 Å². The second-order valence-corrected chi connectivity index (χ2v) is 8.67. The Morgan fingerprint density at radius 1 is 1.03 bits per heavy atom. The Labute approximate surface area is 206 Å². The maximum Gasteiger partial charge on any atom is 0.415 e. The molecule has 0 radical (unpaired) electrons. The molecule has 0 spiro atoms. The number of carbonyl (C=O) groups is 1. The van der Waals surface area contributed by atoms with E-state index in [9.17, 15) is 9.18 Å². The highest BCUT2D eigenvalue weighted by Gasteiger charge is 2.19. The number of amides is 1. The van der Waals surface area contributed by atoms with Crippen LogP contribution in [0.1, 0.15) is 19.4 Å². The molecular formula is C27H26BrFN2O3. The molecule has 176 valence electrons. The van der Waals surface area contributed by atoms with Gasteiger partial charge in [-0.05, 0) is 73.5 Å². The van der Waals surface area contributed by atoms with Gasteiger partial charge in [-0.1, -0.05) is 28.1 Å². The Bertz CT molecular complexity index is 1310. The summed E-state index contributed by atoms with van der Waals surface area (Å²) < 4.78 is 27.9. The minimum absolute atomic E-state index is 0.279. The molecule has 0 aliphatic carbocycles. The number of nitrogens with zero attached hydrogens (tertiary/aromatic N) is 2. The molecule has 0 saturated heterocycles. The summed E-state index contributed by atoms with van der Waals surface area (Å²) in [6, 6.07) is 18.1. The lowest BCUT2D eigenvalue weighted by Crippen LogP contribution is -2.33. The third kappa shape index (κ3) is 4.80. The van der Waals surface area contributed by atoms with Gasteiger partial charge in [0.25, 0.3) is 0 Å². The van der Waals surface area contributed by atoms with Gasteiger partial charge in [-0.15, -0.1) is 0 Å². The normalized spacial score (nSPS) is 11.0. The standard InChI is InChI=1S/C27H26BrFN2O3/c1-4-30(5-2)27(32)34-25-13-12-24-22(26(25)18-6-9-21(33-3)10-7-18)14-15-31(24)17-19-16-20(29)8-11-23(19)28/h6-16H,4-5,17H2,1-3H3. The number of fused-ring (bicyclic) bond motifs is 1. The lowest BCUT2D eigenvalue weighted by molar-refractivity contribution is 0.157. The van der Waals surface area contributed by atoms with E-state index in [2.05, 4.69) is 20.5 Å². The largest absolute Gasteiger partial charge is 0.497 e. The molecule has 0 aliphatic rings. The molecule has 1 aromatic heterocycles. The Morgan fingerprint density at radius 2 is 1.76 bits per heavy atom. The summed E-state index contributed by atoms with van der Waals surface area (Å²) in [6.45, 7) is 5.46. The van der Waals surface area contributed by atoms with E-state index in [4.69, 9.17) is 9.47 Å². The minimum atomic E-state index is -0.387. The molecule has 3 aromatic carbocycles. The third-order valence-corrected chi connectivity index (χ3v) is 6.63. The second kappa shape index (κ2) is 10.3. The number of halogens is 2. The molecule has 0 N–H and O–H groups in total. The number of benzene rings is 3. The zero-order valence-corrected chi connectivity index (χ0v) is 20.9. The zero-order valence-electron chi connectivity index (χ0n) is 19.3. The number of carbonyl (C=O) groups excluding carboxylic acids is 1. The van der Waals surface area contributed by atoms with Crippen molar-refractivity contribution in [2.75, 3.05) is 20.2 Å². The van der Waals surface area contributed by atoms with E-state index in [1.807, 2.05) is 62.5 Å². The third-order valence-electron chi connectivity index (χ3n) is 5.86. The first-order valence-corrected chi connectivity index (χ1v) is 11.9. The number of rotatable bonds is 7. The van der Waals surface area contributed by atoms with Crippen LogP contribution in [0.3, 0.4) is 0 Å². The first kappa shape index (κ1) is 23.8. The Hall–Kier alpha value is -3.32. The van der Waals surface area contributed by atoms with Crippen LogP contribution in [0.25, 0.3) is 22.0 Å². The number of aromatic nitrogens is 1. The summed E-state index contributed by atoms with van der Waals surface area (Å²) in [5.74, 6) is 0.949. The van der Waals surface area contributed by atoms with Crippen LogP contribution in [0.2, 0.25) is 0 Å². The monoisotopic (exact) mass is 524 g/mol. The summed E-state index contributed by atoms with van der Waals surface area (Å²) in [6.07, 6.45) is 1.58. The van der Waals surface area contributed by atoms with E-state index < -0.39 is 0 Å².